The highest BCUT2D eigenvalue weighted by Crippen LogP contribution is 2.41. The van der Waals surface area contributed by atoms with E-state index in [1.54, 1.807) is 24.3 Å². The first kappa shape index (κ1) is 19.1. The molecule has 1 rings (SSSR count). The number of benzene rings is 1. The Morgan fingerprint density at radius 1 is 1.26 bits per heavy atom. The smallest absolute Gasteiger partial charge is 0.336 e. The van der Waals surface area contributed by atoms with Gasteiger partial charge in [-0.2, -0.15) is 5.26 Å². The van der Waals surface area contributed by atoms with Crippen molar-refractivity contribution < 1.29 is 14.0 Å². The third-order valence-corrected chi connectivity index (χ3v) is 8.76. The summed E-state index contributed by atoms with van der Waals surface area (Å²) >= 11 is 0. The molecule has 0 spiro atoms. The summed E-state index contributed by atoms with van der Waals surface area (Å²) in [6.07, 6.45) is -0.573. The van der Waals surface area contributed by atoms with Crippen LogP contribution in [0.25, 0.3) is 0 Å². The number of hydrogen-bond acceptors (Lipinski definition) is 4. The highest BCUT2D eigenvalue weighted by Gasteiger charge is 2.40. The molecule has 0 heterocycles. The van der Waals surface area contributed by atoms with Gasteiger partial charge < -0.3 is 9.16 Å². The molecule has 0 aliphatic carbocycles. The van der Waals surface area contributed by atoms with E-state index >= 15 is 0 Å². The van der Waals surface area contributed by atoms with Crippen LogP contribution in [0.2, 0.25) is 18.1 Å². The minimum Gasteiger partial charge on any atom is -0.466 e. The molecule has 0 aliphatic heterocycles. The van der Waals surface area contributed by atoms with Gasteiger partial charge in [0.15, 0.2) is 8.32 Å². The van der Waals surface area contributed by atoms with Gasteiger partial charge in [0.1, 0.15) is 6.10 Å². The van der Waals surface area contributed by atoms with Crippen LogP contribution < -0.4 is 0 Å². The van der Waals surface area contributed by atoms with Gasteiger partial charge >= 0.3 is 5.97 Å². The highest BCUT2D eigenvalue weighted by atomic mass is 28.4. The molecule has 0 fully saturated rings. The Kier molecular flexibility index (Phi) is 5.92. The van der Waals surface area contributed by atoms with Gasteiger partial charge in [-0.1, -0.05) is 39.5 Å². The van der Waals surface area contributed by atoms with Crippen molar-refractivity contribution in [1.29, 1.82) is 5.26 Å². The third-order valence-electron chi connectivity index (χ3n) is 4.33. The number of ether oxygens (including phenoxy) is 1. The van der Waals surface area contributed by atoms with E-state index < -0.39 is 20.4 Å². The molecular formula is C18H25NO3Si. The first-order valence-electron chi connectivity index (χ1n) is 7.48. The Morgan fingerprint density at radius 2 is 1.78 bits per heavy atom. The number of carbonyl (C=O) groups excluding carboxylic acids is 1. The lowest BCUT2D eigenvalue weighted by Gasteiger charge is -2.39. The predicted octanol–water partition coefficient (Wildman–Crippen LogP) is 4.35. The maximum atomic E-state index is 11.9. The Morgan fingerprint density at radius 3 is 2.17 bits per heavy atom. The summed E-state index contributed by atoms with van der Waals surface area (Å²) in [6, 6.07) is 9.10. The molecule has 124 valence electrons. The van der Waals surface area contributed by atoms with Gasteiger partial charge in [-0.05, 0) is 35.8 Å². The van der Waals surface area contributed by atoms with Crippen LogP contribution in [-0.4, -0.2) is 21.4 Å². The molecule has 5 heteroatoms. The fraction of sp³-hybridized carbons (Fsp3) is 0.444. The van der Waals surface area contributed by atoms with Crippen LogP contribution in [0.4, 0.5) is 0 Å². The van der Waals surface area contributed by atoms with Crippen molar-refractivity contribution >= 4 is 14.3 Å². The second-order valence-electron chi connectivity index (χ2n) is 7.01. The molecule has 0 N–H and O–H groups in total. The van der Waals surface area contributed by atoms with Crippen molar-refractivity contribution in [3.8, 4) is 6.07 Å². The molecular weight excluding hydrogens is 306 g/mol. The van der Waals surface area contributed by atoms with E-state index in [2.05, 4.69) is 46.5 Å². The van der Waals surface area contributed by atoms with Gasteiger partial charge in [0.2, 0.25) is 0 Å². The van der Waals surface area contributed by atoms with Crippen molar-refractivity contribution in [3.05, 3.63) is 47.5 Å². The third kappa shape index (κ3) is 4.53. The molecule has 0 aromatic heterocycles. The second kappa shape index (κ2) is 7.11. The standard InChI is InChI=1S/C18H25NO3Si/c1-13(17(20)21-5)16(22-23(6,7)18(2,3)4)15-10-8-14(12-19)9-11-15/h8-11,16H,1H2,2-7H3. The maximum Gasteiger partial charge on any atom is 0.336 e. The topological polar surface area (TPSA) is 59.3 Å². The van der Waals surface area contributed by atoms with Crippen LogP contribution in [0.3, 0.4) is 0 Å². The average Bonchev–Trinajstić information content (AvgIpc) is 2.50. The predicted molar refractivity (Wildman–Crippen MR) is 93.3 cm³/mol. The van der Waals surface area contributed by atoms with Gasteiger partial charge in [0.05, 0.1) is 24.3 Å². The number of esters is 1. The first-order chi connectivity index (χ1) is 10.5. The molecule has 0 radical (unpaired) electrons. The SMILES string of the molecule is C=C(C(=O)OC)C(O[Si](C)(C)C(C)(C)C)c1ccc(C#N)cc1. The first-order valence-corrected chi connectivity index (χ1v) is 10.4. The Hall–Kier alpha value is -1.90. The molecule has 1 aromatic carbocycles. The molecule has 4 nitrogen and oxygen atoms in total. The maximum absolute atomic E-state index is 11.9. The van der Waals surface area contributed by atoms with E-state index in [4.69, 9.17) is 14.4 Å². The molecule has 1 unspecified atom stereocenters. The average molecular weight is 331 g/mol. The summed E-state index contributed by atoms with van der Waals surface area (Å²) in [5.41, 5.74) is 1.62. The zero-order valence-corrected chi connectivity index (χ0v) is 15.8. The lowest BCUT2D eigenvalue weighted by molar-refractivity contribution is -0.137. The number of nitrogens with zero attached hydrogens (tertiary/aromatic N) is 1. The monoisotopic (exact) mass is 331 g/mol. The Balaban J connectivity index is 3.24. The molecule has 0 saturated carbocycles. The summed E-state index contributed by atoms with van der Waals surface area (Å²) < 4.78 is 11.2. The number of methoxy groups -OCH3 is 1. The number of nitriles is 1. The number of rotatable bonds is 5. The van der Waals surface area contributed by atoms with Crippen LogP contribution in [-0.2, 0) is 14.0 Å². The second-order valence-corrected chi connectivity index (χ2v) is 11.8. The summed E-state index contributed by atoms with van der Waals surface area (Å²) in [6.45, 7) is 14.5. The molecule has 1 atom stereocenters. The van der Waals surface area contributed by atoms with E-state index in [-0.39, 0.29) is 10.6 Å². The minimum absolute atomic E-state index is 0.00571. The van der Waals surface area contributed by atoms with Crippen molar-refractivity contribution in [2.24, 2.45) is 0 Å². The summed E-state index contributed by atoms with van der Waals surface area (Å²) in [4.78, 5) is 11.9. The molecule has 0 amide bonds. The van der Waals surface area contributed by atoms with Crippen LogP contribution in [0.1, 0.15) is 38.0 Å². The van der Waals surface area contributed by atoms with Gasteiger partial charge in [-0.15, -0.1) is 0 Å². The number of carbonyl (C=O) groups is 1. The van der Waals surface area contributed by atoms with Gasteiger partial charge in [-0.3, -0.25) is 0 Å². The van der Waals surface area contributed by atoms with Gasteiger partial charge in [0, 0.05) is 0 Å². The van der Waals surface area contributed by atoms with E-state index in [9.17, 15) is 4.79 Å². The Bertz CT molecular complexity index is 621. The largest absolute Gasteiger partial charge is 0.466 e. The minimum atomic E-state index is -2.13. The van der Waals surface area contributed by atoms with E-state index in [0.717, 1.165) is 5.56 Å². The molecule has 23 heavy (non-hydrogen) atoms. The van der Waals surface area contributed by atoms with E-state index in [1.165, 1.54) is 7.11 Å². The molecule has 1 aromatic rings. The van der Waals surface area contributed by atoms with Crippen LogP contribution in [0.5, 0.6) is 0 Å². The highest BCUT2D eigenvalue weighted by molar-refractivity contribution is 6.74. The molecule has 0 bridgehead atoms. The summed E-state index contributed by atoms with van der Waals surface area (Å²) in [7, 11) is -0.799. The van der Waals surface area contributed by atoms with Crippen molar-refractivity contribution in [1.82, 2.24) is 0 Å². The molecule has 0 aliphatic rings. The summed E-state index contributed by atoms with van der Waals surface area (Å²) in [5.74, 6) is -0.488. The Labute approximate surface area is 139 Å². The zero-order chi connectivity index (χ0) is 17.8. The van der Waals surface area contributed by atoms with Crippen molar-refractivity contribution in [2.45, 2.75) is 45.0 Å². The van der Waals surface area contributed by atoms with Crippen LogP contribution >= 0.6 is 0 Å². The fourth-order valence-electron chi connectivity index (χ4n) is 1.78. The zero-order valence-electron chi connectivity index (χ0n) is 14.8. The fourth-order valence-corrected chi connectivity index (χ4v) is 3.00. The number of hydrogen-bond donors (Lipinski definition) is 0. The summed E-state index contributed by atoms with van der Waals surface area (Å²) in [5, 5.41) is 8.92. The van der Waals surface area contributed by atoms with E-state index in [1.807, 2.05) is 0 Å². The van der Waals surface area contributed by atoms with Gasteiger partial charge in [-0.25, -0.2) is 4.79 Å². The molecule has 0 saturated heterocycles. The quantitative estimate of drug-likeness (QED) is 0.457. The van der Waals surface area contributed by atoms with Crippen molar-refractivity contribution in [2.75, 3.05) is 7.11 Å². The van der Waals surface area contributed by atoms with Crippen molar-refractivity contribution in [3.63, 3.8) is 0 Å². The normalized spacial score (nSPS) is 13.1. The van der Waals surface area contributed by atoms with Gasteiger partial charge in [0.25, 0.3) is 0 Å². The van der Waals surface area contributed by atoms with Crippen LogP contribution in [0.15, 0.2) is 36.4 Å². The van der Waals surface area contributed by atoms with Crippen LogP contribution in [0, 0.1) is 11.3 Å². The van der Waals surface area contributed by atoms with E-state index in [0.29, 0.717) is 5.56 Å². The lowest BCUT2D eigenvalue weighted by atomic mass is 10.0. The lowest BCUT2D eigenvalue weighted by Crippen LogP contribution is -2.42.